The maximum Gasteiger partial charge on any atom is 0.331 e. The molecule has 0 aliphatic heterocycles. The number of carboxylic acids is 1. The predicted octanol–water partition coefficient (Wildman–Crippen LogP) is 2.24. The van der Waals surface area contributed by atoms with Crippen molar-refractivity contribution in [1.29, 1.82) is 0 Å². The van der Waals surface area contributed by atoms with Gasteiger partial charge in [0.05, 0.1) is 0 Å². The Morgan fingerprint density at radius 2 is 1.69 bits per heavy atom. The molecule has 0 aliphatic carbocycles. The molecule has 1 unspecified atom stereocenters. The number of rotatable bonds is 5. The maximum atomic E-state index is 11.3. The number of carbonyl (C=O) groups is 2. The first kappa shape index (κ1) is 14.7. The Kier molecular flexibility index (Phi) is 5.21. The molecule has 0 fully saturated rings. The SMILES string of the molecule is CC(C)C(C)C(C)(C)OC(=O)C=CC(=O)O. The molecule has 0 aromatic rings. The van der Waals surface area contributed by atoms with E-state index in [4.69, 9.17) is 9.84 Å². The van der Waals surface area contributed by atoms with Crippen molar-refractivity contribution in [3.63, 3.8) is 0 Å². The van der Waals surface area contributed by atoms with Crippen LogP contribution in [0.25, 0.3) is 0 Å². The molecule has 0 aromatic carbocycles. The lowest BCUT2D eigenvalue weighted by Gasteiger charge is -2.33. The standard InChI is InChI=1S/C12H20O4/c1-8(2)9(3)12(4,5)16-11(15)7-6-10(13)14/h6-9H,1-5H3,(H,13,14). The molecule has 16 heavy (non-hydrogen) atoms. The summed E-state index contributed by atoms with van der Waals surface area (Å²) in [5, 5.41) is 8.36. The van der Waals surface area contributed by atoms with E-state index in [0.29, 0.717) is 5.92 Å². The van der Waals surface area contributed by atoms with Crippen molar-refractivity contribution in [1.82, 2.24) is 0 Å². The van der Waals surface area contributed by atoms with E-state index >= 15 is 0 Å². The summed E-state index contributed by atoms with van der Waals surface area (Å²) in [7, 11) is 0. The van der Waals surface area contributed by atoms with E-state index in [9.17, 15) is 9.59 Å². The lowest BCUT2D eigenvalue weighted by Crippen LogP contribution is -2.37. The molecule has 1 atom stereocenters. The number of carboxylic acid groups (broad SMARTS) is 1. The zero-order valence-corrected chi connectivity index (χ0v) is 10.5. The van der Waals surface area contributed by atoms with Gasteiger partial charge in [-0.25, -0.2) is 9.59 Å². The summed E-state index contributed by atoms with van der Waals surface area (Å²) >= 11 is 0. The molecule has 1 N–H and O–H groups in total. The minimum atomic E-state index is -1.16. The molecule has 4 nitrogen and oxygen atoms in total. The van der Waals surface area contributed by atoms with Crippen molar-refractivity contribution < 1.29 is 19.4 Å². The van der Waals surface area contributed by atoms with E-state index in [-0.39, 0.29) is 5.92 Å². The minimum absolute atomic E-state index is 0.190. The van der Waals surface area contributed by atoms with Crippen LogP contribution in [0.15, 0.2) is 12.2 Å². The fraction of sp³-hybridized carbons (Fsp3) is 0.667. The molecule has 0 spiro atoms. The quantitative estimate of drug-likeness (QED) is 0.579. The third-order valence-electron chi connectivity index (χ3n) is 2.82. The second kappa shape index (κ2) is 5.68. The van der Waals surface area contributed by atoms with Gasteiger partial charge in [-0.2, -0.15) is 0 Å². The summed E-state index contributed by atoms with van der Waals surface area (Å²) in [6.45, 7) is 9.74. The fourth-order valence-corrected chi connectivity index (χ4v) is 1.33. The second-order valence-corrected chi connectivity index (χ2v) is 4.73. The molecule has 0 heterocycles. The van der Waals surface area contributed by atoms with Gasteiger partial charge < -0.3 is 9.84 Å². The van der Waals surface area contributed by atoms with Crippen molar-refractivity contribution in [2.45, 2.75) is 40.2 Å². The summed E-state index contributed by atoms with van der Waals surface area (Å²) in [5.41, 5.74) is -0.603. The van der Waals surface area contributed by atoms with Gasteiger partial charge in [0.1, 0.15) is 5.60 Å². The smallest absolute Gasteiger partial charge is 0.331 e. The molecule has 4 heteroatoms. The van der Waals surface area contributed by atoms with Gasteiger partial charge in [0.25, 0.3) is 0 Å². The summed E-state index contributed by atoms with van der Waals surface area (Å²) in [5.74, 6) is -1.22. The van der Waals surface area contributed by atoms with Crippen LogP contribution in [-0.2, 0) is 14.3 Å². The zero-order chi connectivity index (χ0) is 12.9. The van der Waals surface area contributed by atoms with Gasteiger partial charge in [-0.1, -0.05) is 20.8 Å². The first-order valence-electron chi connectivity index (χ1n) is 5.30. The van der Waals surface area contributed by atoms with Crippen LogP contribution in [0.2, 0.25) is 0 Å². The topological polar surface area (TPSA) is 63.6 Å². The summed E-state index contributed by atoms with van der Waals surface area (Å²) in [6, 6.07) is 0. The van der Waals surface area contributed by atoms with Gasteiger partial charge in [-0.15, -0.1) is 0 Å². The average molecular weight is 228 g/mol. The van der Waals surface area contributed by atoms with Crippen molar-refractivity contribution in [2.75, 3.05) is 0 Å². The van der Waals surface area contributed by atoms with E-state index < -0.39 is 17.5 Å². The Labute approximate surface area is 96.3 Å². The van der Waals surface area contributed by atoms with Crippen molar-refractivity contribution in [3.8, 4) is 0 Å². The van der Waals surface area contributed by atoms with Gasteiger partial charge >= 0.3 is 11.9 Å². The summed E-state index contributed by atoms with van der Waals surface area (Å²) < 4.78 is 5.22. The Bertz CT molecular complexity index is 289. The molecule has 0 amide bonds. The van der Waals surface area contributed by atoms with Crippen LogP contribution in [0.5, 0.6) is 0 Å². The van der Waals surface area contributed by atoms with Gasteiger partial charge in [0.2, 0.25) is 0 Å². The van der Waals surface area contributed by atoms with Crippen LogP contribution in [0.1, 0.15) is 34.6 Å². The van der Waals surface area contributed by atoms with E-state index in [0.717, 1.165) is 12.2 Å². The highest BCUT2D eigenvalue weighted by molar-refractivity contribution is 5.90. The number of hydrogen-bond donors (Lipinski definition) is 1. The van der Waals surface area contributed by atoms with E-state index in [1.54, 1.807) is 0 Å². The highest BCUT2D eigenvalue weighted by Gasteiger charge is 2.31. The molecule has 0 radical (unpaired) electrons. The lowest BCUT2D eigenvalue weighted by atomic mass is 9.83. The fourth-order valence-electron chi connectivity index (χ4n) is 1.33. The van der Waals surface area contributed by atoms with Gasteiger partial charge in [-0.05, 0) is 25.7 Å². The molecule has 92 valence electrons. The molecular weight excluding hydrogens is 208 g/mol. The van der Waals surface area contributed by atoms with E-state index in [1.807, 2.05) is 34.6 Å². The molecule has 0 bridgehead atoms. The third-order valence-corrected chi connectivity index (χ3v) is 2.82. The number of ether oxygens (including phenoxy) is 1. The van der Waals surface area contributed by atoms with Crippen LogP contribution >= 0.6 is 0 Å². The highest BCUT2D eigenvalue weighted by Crippen LogP contribution is 2.27. The Morgan fingerprint density at radius 3 is 2.06 bits per heavy atom. The lowest BCUT2D eigenvalue weighted by molar-refractivity contribution is -0.156. The van der Waals surface area contributed by atoms with Crippen LogP contribution in [0.4, 0.5) is 0 Å². The van der Waals surface area contributed by atoms with Gasteiger partial charge in [-0.3, -0.25) is 0 Å². The second-order valence-electron chi connectivity index (χ2n) is 4.73. The molecule has 0 aromatic heterocycles. The highest BCUT2D eigenvalue weighted by atomic mass is 16.6. The first-order chi connectivity index (χ1) is 7.16. The van der Waals surface area contributed by atoms with Crippen LogP contribution in [0, 0.1) is 11.8 Å². The van der Waals surface area contributed by atoms with Crippen molar-refractivity contribution in [2.24, 2.45) is 11.8 Å². The number of esters is 1. The van der Waals surface area contributed by atoms with E-state index in [2.05, 4.69) is 0 Å². The zero-order valence-electron chi connectivity index (χ0n) is 10.5. The molecule has 0 saturated carbocycles. The average Bonchev–Trinajstić information content (AvgIpc) is 2.12. The van der Waals surface area contributed by atoms with Crippen LogP contribution in [-0.4, -0.2) is 22.6 Å². The number of aliphatic carboxylic acids is 1. The van der Waals surface area contributed by atoms with E-state index in [1.165, 1.54) is 0 Å². The number of hydrogen-bond acceptors (Lipinski definition) is 3. The monoisotopic (exact) mass is 228 g/mol. The predicted molar refractivity (Wildman–Crippen MR) is 60.9 cm³/mol. The Hall–Kier alpha value is -1.32. The Morgan fingerprint density at radius 1 is 1.19 bits per heavy atom. The number of carbonyl (C=O) groups excluding carboxylic acids is 1. The Balaban J connectivity index is 4.47. The van der Waals surface area contributed by atoms with Crippen molar-refractivity contribution >= 4 is 11.9 Å². The van der Waals surface area contributed by atoms with Gasteiger partial charge in [0.15, 0.2) is 0 Å². The molecular formula is C12H20O4. The minimum Gasteiger partial charge on any atom is -0.478 e. The largest absolute Gasteiger partial charge is 0.478 e. The normalized spacial score (nSPS) is 14.1. The van der Waals surface area contributed by atoms with Crippen molar-refractivity contribution in [3.05, 3.63) is 12.2 Å². The molecule has 0 saturated heterocycles. The summed E-state index contributed by atoms with van der Waals surface area (Å²) in [6.07, 6.45) is 1.70. The third kappa shape index (κ3) is 4.96. The first-order valence-corrected chi connectivity index (χ1v) is 5.30. The summed E-state index contributed by atoms with van der Waals surface area (Å²) in [4.78, 5) is 21.5. The molecule has 0 rings (SSSR count). The van der Waals surface area contributed by atoms with Crippen LogP contribution < -0.4 is 0 Å². The van der Waals surface area contributed by atoms with Crippen LogP contribution in [0.3, 0.4) is 0 Å². The molecule has 0 aliphatic rings. The van der Waals surface area contributed by atoms with Gasteiger partial charge in [0, 0.05) is 12.2 Å². The maximum absolute atomic E-state index is 11.3.